The number of anilines is 1. The quantitative estimate of drug-likeness (QED) is 0.595. The monoisotopic (exact) mass is 432 g/mol. The molecule has 1 aromatic carbocycles. The fraction of sp³-hybridized carbons (Fsp3) is 0.263. The van der Waals surface area contributed by atoms with Crippen LogP contribution in [0.25, 0.3) is 0 Å². The Morgan fingerprint density at radius 3 is 2.60 bits per heavy atom. The first-order chi connectivity index (χ1) is 14.2. The van der Waals surface area contributed by atoms with E-state index in [1.165, 1.54) is 28.2 Å². The van der Waals surface area contributed by atoms with Gasteiger partial charge in [-0.3, -0.25) is 9.59 Å². The zero-order chi connectivity index (χ0) is 21.7. The predicted octanol–water partition coefficient (Wildman–Crippen LogP) is -0.0642. The third kappa shape index (κ3) is 5.32. The lowest BCUT2D eigenvalue weighted by Gasteiger charge is -2.27. The van der Waals surface area contributed by atoms with Crippen molar-refractivity contribution in [2.45, 2.75) is 6.42 Å². The second-order valence-corrected chi connectivity index (χ2v) is 8.27. The van der Waals surface area contributed by atoms with Gasteiger partial charge in [0.15, 0.2) is 6.61 Å². The number of amidine groups is 1. The summed E-state index contributed by atoms with van der Waals surface area (Å²) in [5, 5.41) is 0. The lowest BCUT2D eigenvalue weighted by molar-refractivity contribution is -0.143. The molecule has 0 saturated carbocycles. The minimum Gasteiger partial charge on any atom is -0.452 e. The Labute approximate surface area is 173 Å². The van der Waals surface area contributed by atoms with E-state index in [9.17, 15) is 22.8 Å². The summed E-state index contributed by atoms with van der Waals surface area (Å²) in [4.78, 5) is 38.9. The van der Waals surface area contributed by atoms with E-state index in [1.54, 1.807) is 30.3 Å². The summed E-state index contributed by atoms with van der Waals surface area (Å²) in [6.45, 7) is -0.316. The molecule has 10 nitrogen and oxygen atoms in total. The summed E-state index contributed by atoms with van der Waals surface area (Å²) in [5.41, 5.74) is 5.88. The minimum atomic E-state index is -3.49. The smallest absolute Gasteiger partial charge is 0.340 e. The molecule has 3 rings (SSSR count). The van der Waals surface area contributed by atoms with Gasteiger partial charge >= 0.3 is 5.97 Å². The Bertz CT molecular complexity index is 1050. The highest BCUT2D eigenvalue weighted by molar-refractivity contribution is 7.90. The summed E-state index contributed by atoms with van der Waals surface area (Å²) in [5.74, 6) is -1.75. The maximum Gasteiger partial charge on any atom is 0.340 e. The van der Waals surface area contributed by atoms with Crippen molar-refractivity contribution < 1.29 is 27.5 Å². The number of carbonyl (C=O) groups is 3. The van der Waals surface area contributed by atoms with Crippen LogP contribution in [0.1, 0.15) is 6.42 Å². The van der Waals surface area contributed by atoms with Crippen LogP contribution in [0.4, 0.5) is 5.69 Å². The first-order valence-corrected chi connectivity index (χ1v) is 10.7. The Morgan fingerprint density at radius 1 is 1.17 bits per heavy atom. The van der Waals surface area contributed by atoms with Crippen LogP contribution in [0.3, 0.4) is 0 Å². The van der Waals surface area contributed by atoms with Gasteiger partial charge in [0.1, 0.15) is 5.84 Å². The highest BCUT2D eigenvalue weighted by Crippen LogP contribution is 2.17. The van der Waals surface area contributed by atoms with Gasteiger partial charge in [-0.15, -0.1) is 4.40 Å². The molecule has 2 N–H and O–H groups in total. The van der Waals surface area contributed by atoms with Gasteiger partial charge in [-0.1, -0.05) is 18.2 Å². The van der Waals surface area contributed by atoms with Crippen molar-refractivity contribution in [1.29, 1.82) is 0 Å². The van der Waals surface area contributed by atoms with Crippen molar-refractivity contribution in [1.82, 2.24) is 4.90 Å². The highest BCUT2D eigenvalue weighted by atomic mass is 32.2. The van der Waals surface area contributed by atoms with Gasteiger partial charge in [0, 0.05) is 31.4 Å². The van der Waals surface area contributed by atoms with E-state index < -0.39 is 34.4 Å². The maximum absolute atomic E-state index is 12.6. The number of hydrogen-bond acceptors (Lipinski definition) is 7. The second kappa shape index (κ2) is 8.91. The Hall–Kier alpha value is -3.47. The van der Waals surface area contributed by atoms with E-state index in [1.807, 2.05) is 0 Å². The lowest BCUT2D eigenvalue weighted by Crippen LogP contribution is -2.38. The van der Waals surface area contributed by atoms with Gasteiger partial charge in [-0.25, -0.2) is 13.2 Å². The van der Waals surface area contributed by atoms with Crippen molar-refractivity contribution in [2.24, 2.45) is 10.1 Å². The van der Waals surface area contributed by atoms with Gasteiger partial charge in [0.2, 0.25) is 5.91 Å². The Balaban J connectivity index is 1.64. The molecule has 0 fully saturated rings. The maximum atomic E-state index is 12.6. The zero-order valence-electron chi connectivity index (χ0n) is 15.9. The molecule has 0 saturated heterocycles. The molecule has 0 unspecified atom stereocenters. The van der Waals surface area contributed by atoms with Gasteiger partial charge in [-0.05, 0) is 24.3 Å². The number of sulfonamides is 1. The van der Waals surface area contributed by atoms with E-state index in [0.29, 0.717) is 5.69 Å². The molecule has 11 heteroatoms. The number of carbonyl (C=O) groups excluding carboxylic acids is 3. The first kappa shape index (κ1) is 21.2. The van der Waals surface area contributed by atoms with E-state index in [2.05, 4.69) is 4.40 Å². The number of rotatable bonds is 7. The number of primary amides is 1. The molecular formula is C19H20N4O6S. The number of benzene rings is 1. The molecule has 30 heavy (non-hydrogen) atoms. The van der Waals surface area contributed by atoms with Gasteiger partial charge in [0.05, 0.1) is 11.3 Å². The molecule has 0 atom stereocenters. The number of para-hydroxylation sites is 1. The number of hydrogen-bond donors (Lipinski definition) is 1. The fourth-order valence-corrected chi connectivity index (χ4v) is 3.81. The number of fused-ring (bicyclic) bond motifs is 1. The third-order valence-corrected chi connectivity index (χ3v) is 5.50. The van der Waals surface area contributed by atoms with Gasteiger partial charge in [0.25, 0.3) is 15.9 Å². The number of amides is 2. The van der Waals surface area contributed by atoms with Crippen molar-refractivity contribution in [3.8, 4) is 0 Å². The van der Waals surface area contributed by atoms with Gasteiger partial charge < -0.3 is 20.3 Å². The molecule has 2 heterocycles. The molecule has 0 aromatic heterocycles. The van der Waals surface area contributed by atoms with E-state index in [0.717, 1.165) is 0 Å². The Kier molecular flexibility index (Phi) is 6.31. The number of nitrogens with two attached hydrogens (primary N) is 1. The summed E-state index contributed by atoms with van der Waals surface area (Å²) < 4.78 is 31.8. The van der Waals surface area contributed by atoms with Crippen LogP contribution >= 0.6 is 0 Å². The number of esters is 1. The number of ether oxygens (including phenoxy) is 1. The van der Waals surface area contributed by atoms with Crippen molar-refractivity contribution in [3.05, 3.63) is 54.3 Å². The molecule has 0 spiro atoms. The van der Waals surface area contributed by atoms with Crippen molar-refractivity contribution >= 4 is 39.3 Å². The molecule has 0 aliphatic carbocycles. The van der Waals surface area contributed by atoms with Crippen LogP contribution in [0.2, 0.25) is 0 Å². The average Bonchev–Trinajstić information content (AvgIpc) is 2.71. The topological polar surface area (TPSA) is 139 Å². The van der Waals surface area contributed by atoms with E-state index in [-0.39, 0.29) is 36.7 Å². The standard InChI is InChI=1S/C19H20N4O6S/c20-16(24)8-9-23(15-4-2-1-3-5-15)18(25)13-29-19(26)14-6-7-17-21-30(27,28)11-10-22(17)12-14/h1-7,12H,8-11,13H2,(H2,20,24). The highest BCUT2D eigenvalue weighted by Gasteiger charge is 2.26. The largest absolute Gasteiger partial charge is 0.452 e. The molecule has 1 aromatic rings. The fourth-order valence-electron chi connectivity index (χ4n) is 2.84. The lowest BCUT2D eigenvalue weighted by atomic mass is 10.2. The molecule has 158 valence electrons. The van der Waals surface area contributed by atoms with Crippen molar-refractivity contribution in [3.63, 3.8) is 0 Å². The van der Waals surface area contributed by atoms with Crippen LogP contribution in [-0.2, 0) is 29.1 Å². The summed E-state index contributed by atoms with van der Waals surface area (Å²) >= 11 is 0. The molecular weight excluding hydrogens is 412 g/mol. The van der Waals surface area contributed by atoms with Crippen LogP contribution in [0.15, 0.2) is 58.7 Å². The van der Waals surface area contributed by atoms with Crippen LogP contribution in [-0.4, -0.2) is 62.4 Å². The first-order valence-electron chi connectivity index (χ1n) is 9.05. The average molecular weight is 432 g/mol. The molecule has 2 aliphatic rings. The van der Waals surface area contributed by atoms with Crippen LogP contribution < -0.4 is 10.6 Å². The molecule has 0 bridgehead atoms. The summed E-state index contributed by atoms with van der Waals surface area (Å²) in [7, 11) is -3.49. The summed E-state index contributed by atoms with van der Waals surface area (Å²) in [6, 6.07) is 8.64. The predicted molar refractivity (Wildman–Crippen MR) is 109 cm³/mol. The summed E-state index contributed by atoms with van der Waals surface area (Å²) in [6.07, 6.45) is 4.17. The number of nitrogens with zero attached hydrogens (tertiary/aromatic N) is 3. The molecule has 2 amide bonds. The second-order valence-electron chi connectivity index (χ2n) is 6.52. The van der Waals surface area contributed by atoms with E-state index in [4.69, 9.17) is 10.5 Å². The normalized spacial score (nSPS) is 16.7. The Morgan fingerprint density at radius 2 is 1.90 bits per heavy atom. The van der Waals surface area contributed by atoms with Crippen molar-refractivity contribution in [2.75, 3.05) is 30.3 Å². The minimum absolute atomic E-state index is 0.0392. The molecule has 0 radical (unpaired) electrons. The third-order valence-electron chi connectivity index (χ3n) is 4.34. The van der Waals surface area contributed by atoms with Crippen LogP contribution in [0, 0.1) is 0 Å². The SMILES string of the molecule is NC(=O)CCN(C(=O)COC(=O)C1=CN2CCS(=O)(=O)N=C2C=C1)c1ccccc1. The van der Waals surface area contributed by atoms with Crippen LogP contribution in [0.5, 0.6) is 0 Å². The zero-order valence-corrected chi connectivity index (χ0v) is 16.7. The molecule has 2 aliphatic heterocycles. The van der Waals surface area contributed by atoms with E-state index >= 15 is 0 Å². The van der Waals surface area contributed by atoms with Gasteiger partial charge in [-0.2, -0.15) is 0 Å².